The lowest BCUT2D eigenvalue weighted by Gasteiger charge is -2.17. The van der Waals surface area contributed by atoms with E-state index in [4.69, 9.17) is 9.47 Å². The van der Waals surface area contributed by atoms with Crippen molar-refractivity contribution in [1.82, 2.24) is 0 Å². The molecule has 21 heavy (non-hydrogen) atoms. The van der Waals surface area contributed by atoms with Crippen LogP contribution >= 0.6 is 0 Å². The van der Waals surface area contributed by atoms with E-state index in [1.54, 1.807) is 6.92 Å². The third-order valence-electron chi connectivity index (χ3n) is 2.92. The van der Waals surface area contributed by atoms with Crippen LogP contribution in [0.4, 0.5) is 0 Å². The van der Waals surface area contributed by atoms with Crippen LogP contribution in [0.5, 0.6) is 0 Å². The molecule has 0 amide bonds. The fourth-order valence-corrected chi connectivity index (χ4v) is 1.82. The summed E-state index contributed by atoms with van der Waals surface area (Å²) in [4.78, 5) is 22.1. The van der Waals surface area contributed by atoms with Gasteiger partial charge in [-0.3, -0.25) is 9.59 Å². The van der Waals surface area contributed by atoms with Gasteiger partial charge in [0, 0.05) is 19.4 Å². The zero-order valence-corrected chi connectivity index (χ0v) is 13.2. The summed E-state index contributed by atoms with van der Waals surface area (Å²) in [5.41, 5.74) is 2.86. The molecular weight excluding hydrogens is 268 g/mol. The van der Waals surface area contributed by atoms with Gasteiger partial charge in [-0.25, -0.2) is 0 Å². The Morgan fingerprint density at radius 1 is 0.952 bits per heavy atom. The number of benzene rings is 1. The highest BCUT2D eigenvalue weighted by Crippen LogP contribution is 2.18. The van der Waals surface area contributed by atoms with Gasteiger partial charge in [-0.2, -0.15) is 0 Å². The number of carbonyl (C=O) groups is 2. The molecule has 1 aromatic rings. The van der Waals surface area contributed by atoms with Crippen molar-refractivity contribution >= 4 is 18.0 Å². The first-order valence-electron chi connectivity index (χ1n) is 6.92. The molecule has 0 saturated heterocycles. The molecule has 0 aromatic heterocycles. The maximum absolute atomic E-state index is 11.1. The standard InChI is InChI=1S/C17H22O4/c1-11(2)16-8-6-15(7-9-16)10-12(3)17(20-13(4)18)21-14(5)19/h6-11,17H,1-5H3. The Bertz CT molecular complexity index is 510. The average molecular weight is 290 g/mol. The molecule has 0 aliphatic rings. The Balaban J connectivity index is 2.92. The third kappa shape index (κ3) is 5.81. The van der Waals surface area contributed by atoms with Gasteiger partial charge in [-0.1, -0.05) is 38.1 Å². The molecule has 0 fully saturated rings. The van der Waals surface area contributed by atoms with Crippen molar-refractivity contribution in [2.45, 2.75) is 46.8 Å². The maximum atomic E-state index is 11.1. The molecule has 4 heteroatoms. The molecule has 0 radical (unpaired) electrons. The van der Waals surface area contributed by atoms with Gasteiger partial charge >= 0.3 is 11.9 Å². The second-order valence-corrected chi connectivity index (χ2v) is 5.26. The highest BCUT2D eigenvalue weighted by molar-refractivity contribution is 5.69. The second kappa shape index (κ2) is 7.62. The molecular formula is C17H22O4. The number of esters is 2. The van der Waals surface area contributed by atoms with E-state index < -0.39 is 18.2 Å². The van der Waals surface area contributed by atoms with Crippen molar-refractivity contribution in [1.29, 1.82) is 0 Å². The Hall–Kier alpha value is -2.10. The Morgan fingerprint density at radius 3 is 1.81 bits per heavy atom. The number of carbonyl (C=O) groups excluding carboxylic acids is 2. The number of ether oxygens (including phenoxy) is 2. The minimum absolute atomic E-state index is 0.471. The summed E-state index contributed by atoms with van der Waals surface area (Å²) in [6.45, 7) is 8.58. The van der Waals surface area contributed by atoms with E-state index in [0.29, 0.717) is 11.5 Å². The van der Waals surface area contributed by atoms with Crippen LogP contribution in [0.3, 0.4) is 0 Å². The van der Waals surface area contributed by atoms with Gasteiger partial charge in [-0.05, 0) is 30.0 Å². The predicted molar refractivity (Wildman–Crippen MR) is 81.5 cm³/mol. The SMILES string of the molecule is CC(=O)OC(OC(C)=O)C(C)=Cc1ccc(C(C)C)cc1. The van der Waals surface area contributed by atoms with E-state index in [9.17, 15) is 9.59 Å². The summed E-state index contributed by atoms with van der Waals surface area (Å²) in [5.74, 6) is -0.521. The Kier molecular flexibility index (Phi) is 6.15. The van der Waals surface area contributed by atoms with Gasteiger partial charge in [0.15, 0.2) is 0 Å². The fourth-order valence-electron chi connectivity index (χ4n) is 1.82. The summed E-state index contributed by atoms with van der Waals surface area (Å²) in [7, 11) is 0. The van der Waals surface area contributed by atoms with Crippen LogP contribution in [0.15, 0.2) is 29.8 Å². The first kappa shape index (κ1) is 17.0. The lowest BCUT2D eigenvalue weighted by atomic mass is 10.0. The van der Waals surface area contributed by atoms with Gasteiger partial charge < -0.3 is 9.47 Å². The minimum atomic E-state index is -0.982. The molecule has 114 valence electrons. The summed E-state index contributed by atoms with van der Waals surface area (Å²) >= 11 is 0. The van der Waals surface area contributed by atoms with Crippen molar-refractivity contribution in [2.24, 2.45) is 0 Å². The van der Waals surface area contributed by atoms with Crippen molar-refractivity contribution in [3.05, 3.63) is 41.0 Å². The summed E-state index contributed by atoms with van der Waals surface area (Å²) in [5, 5.41) is 0. The van der Waals surface area contributed by atoms with Crippen LogP contribution in [0.2, 0.25) is 0 Å². The van der Waals surface area contributed by atoms with Crippen LogP contribution in [0.1, 0.15) is 51.7 Å². The normalized spacial score (nSPS) is 11.7. The zero-order valence-electron chi connectivity index (χ0n) is 13.2. The lowest BCUT2D eigenvalue weighted by Crippen LogP contribution is -2.23. The smallest absolute Gasteiger partial charge is 0.305 e. The highest BCUT2D eigenvalue weighted by Gasteiger charge is 2.17. The predicted octanol–water partition coefficient (Wildman–Crippen LogP) is 3.67. The van der Waals surface area contributed by atoms with Crippen molar-refractivity contribution in [3.63, 3.8) is 0 Å². The molecule has 4 nitrogen and oxygen atoms in total. The van der Waals surface area contributed by atoms with Gasteiger partial charge in [0.25, 0.3) is 6.29 Å². The molecule has 0 aliphatic carbocycles. The lowest BCUT2D eigenvalue weighted by molar-refractivity contribution is -0.177. The van der Waals surface area contributed by atoms with E-state index in [0.717, 1.165) is 5.56 Å². The molecule has 1 aromatic carbocycles. The fraction of sp³-hybridized carbons (Fsp3) is 0.412. The quantitative estimate of drug-likeness (QED) is 0.613. The molecule has 0 spiro atoms. The first-order valence-corrected chi connectivity index (χ1v) is 6.92. The topological polar surface area (TPSA) is 52.6 Å². The number of hydrogen-bond donors (Lipinski definition) is 0. The van der Waals surface area contributed by atoms with Crippen molar-refractivity contribution in [2.75, 3.05) is 0 Å². The largest absolute Gasteiger partial charge is 0.421 e. The van der Waals surface area contributed by atoms with E-state index in [1.165, 1.54) is 19.4 Å². The van der Waals surface area contributed by atoms with Crippen LogP contribution in [0, 0.1) is 0 Å². The molecule has 0 bridgehead atoms. The van der Waals surface area contributed by atoms with E-state index in [1.807, 2.05) is 18.2 Å². The highest BCUT2D eigenvalue weighted by atomic mass is 16.7. The molecule has 0 heterocycles. The van der Waals surface area contributed by atoms with Crippen LogP contribution in [0.25, 0.3) is 6.08 Å². The Morgan fingerprint density at radius 2 is 1.43 bits per heavy atom. The molecule has 0 atom stereocenters. The Labute approximate surface area is 125 Å². The van der Waals surface area contributed by atoms with E-state index >= 15 is 0 Å². The minimum Gasteiger partial charge on any atom is -0.421 e. The molecule has 0 aliphatic heterocycles. The molecule has 1 rings (SSSR count). The molecule has 0 N–H and O–H groups in total. The number of hydrogen-bond acceptors (Lipinski definition) is 4. The van der Waals surface area contributed by atoms with Gasteiger partial charge in [0.05, 0.1) is 0 Å². The monoisotopic (exact) mass is 290 g/mol. The third-order valence-corrected chi connectivity index (χ3v) is 2.92. The van der Waals surface area contributed by atoms with Crippen molar-refractivity contribution in [3.8, 4) is 0 Å². The summed E-state index contributed by atoms with van der Waals surface area (Å²) < 4.78 is 10.0. The van der Waals surface area contributed by atoms with E-state index in [-0.39, 0.29) is 0 Å². The number of rotatable bonds is 5. The van der Waals surface area contributed by atoms with Crippen molar-refractivity contribution < 1.29 is 19.1 Å². The molecule has 0 unspecified atom stereocenters. The van der Waals surface area contributed by atoms with Crippen LogP contribution in [-0.2, 0) is 19.1 Å². The van der Waals surface area contributed by atoms with Gasteiger partial charge in [0.2, 0.25) is 0 Å². The van der Waals surface area contributed by atoms with E-state index in [2.05, 4.69) is 26.0 Å². The maximum Gasteiger partial charge on any atom is 0.305 e. The summed E-state index contributed by atoms with van der Waals surface area (Å²) in [6.07, 6.45) is 0.852. The van der Waals surface area contributed by atoms with Gasteiger partial charge in [-0.15, -0.1) is 0 Å². The molecule has 0 saturated carbocycles. The second-order valence-electron chi connectivity index (χ2n) is 5.26. The van der Waals surface area contributed by atoms with Gasteiger partial charge in [0.1, 0.15) is 0 Å². The van der Waals surface area contributed by atoms with Crippen LogP contribution < -0.4 is 0 Å². The van der Waals surface area contributed by atoms with Crippen LogP contribution in [-0.4, -0.2) is 18.2 Å². The zero-order chi connectivity index (χ0) is 16.0. The average Bonchev–Trinajstić information content (AvgIpc) is 2.37. The first-order chi connectivity index (χ1) is 9.79. The summed E-state index contributed by atoms with van der Waals surface area (Å²) in [6, 6.07) is 8.07.